The van der Waals surface area contributed by atoms with Crippen molar-refractivity contribution in [2.45, 2.75) is 38.1 Å². The summed E-state index contributed by atoms with van der Waals surface area (Å²) < 4.78 is 37.7. The van der Waals surface area contributed by atoms with Crippen molar-refractivity contribution in [1.82, 2.24) is 4.72 Å². The van der Waals surface area contributed by atoms with Crippen molar-refractivity contribution in [1.29, 1.82) is 0 Å². The maximum Gasteiger partial charge on any atom is 0.322 e. The fraction of sp³-hybridized carbons (Fsp3) is 0.533. The lowest BCUT2D eigenvalue weighted by atomic mass is 10.0. The molecular formula is C15H23NO6S. The summed E-state index contributed by atoms with van der Waals surface area (Å²) in [5, 5.41) is 9.27. The monoisotopic (exact) mass is 345 g/mol. The molecule has 0 saturated carbocycles. The van der Waals surface area contributed by atoms with E-state index in [2.05, 4.69) is 4.72 Å². The minimum atomic E-state index is -4.01. The predicted octanol–water partition coefficient (Wildman–Crippen LogP) is 1.79. The van der Waals surface area contributed by atoms with Gasteiger partial charge in [0.2, 0.25) is 10.0 Å². The van der Waals surface area contributed by atoms with Gasteiger partial charge in [-0.15, -0.1) is 0 Å². The number of methoxy groups -OCH3 is 2. The topological polar surface area (TPSA) is 102 Å². The number of sulfonamides is 1. The van der Waals surface area contributed by atoms with Crippen molar-refractivity contribution >= 4 is 16.0 Å². The summed E-state index contributed by atoms with van der Waals surface area (Å²) in [7, 11) is -1.16. The van der Waals surface area contributed by atoms with Crippen LogP contribution in [0.1, 0.15) is 25.8 Å². The number of carbonyl (C=O) groups is 1. The number of aryl methyl sites for hydroxylation is 1. The van der Waals surface area contributed by atoms with E-state index in [9.17, 15) is 18.3 Å². The van der Waals surface area contributed by atoms with Gasteiger partial charge in [0.25, 0.3) is 0 Å². The molecule has 0 saturated heterocycles. The first kappa shape index (κ1) is 19.2. The van der Waals surface area contributed by atoms with Gasteiger partial charge in [-0.05, 0) is 24.5 Å². The molecule has 0 unspecified atom stereocenters. The van der Waals surface area contributed by atoms with E-state index < -0.39 is 22.0 Å². The van der Waals surface area contributed by atoms with Crippen molar-refractivity contribution in [3.05, 3.63) is 17.7 Å². The Hall–Kier alpha value is -1.80. The Labute approximate surface area is 136 Å². The van der Waals surface area contributed by atoms with Crippen LogP contribution in [-0.2, 0) is 14.8 Å². The Balaban J connectivity index is 3.30. The Morgan fingerprint density at radius 3 is 2.22 bits per heavy atom. The molecule has 1 aromatic rings. The van der Waals surface area contributed by atoms with E-state index in [-0.39, 0.29) is 16.6 Å². The zero-order valence-corrected chi connectivity index (χ0v) is 14.7. The van der Waals surface area contributed by atoms with E-state index in [0.717, 1.165) is 0 Å². The third-order valence-electron chi connectivity index (χ3n) is 3.73. The van der Waals surface area contributed by atoms with Gasteiger partial charge >= 0.3 is 5.97 Å². The molecule has 2 N–H and O–H groups in total. The van der Waals surface area contributed by atoms with Crippen LogP contribution in [0.5, 0.6) is 11.5 Å². The first-order valence-corrected chi connectivity index (χ1v) is 8.64. The number of aliphatic carboxylic acids is 1. The predicted molar refractivity (Wildman–Crippen MR) is 85.5 cm³/mol. The van der Waals surface area contributed by atoms with E-state index in [1.807, 2.05) is 0 Å². The van der Waals surface area contributed by atoms with Crippen molar-refractivity contribution in [2.75, 3.05) is 14.2 Å². The second-order valence-electron chi connectivity index (χ2n) is 5.30. The molecule has 23 heavy (non-hydrogen) atoms. The quantitative estimate of drug-likeness (QED) is 0.745. The zero-order chi connectivity index (χ0) is 17.8. The Kier molecular flexibility index (Phi) is 6.40. The normalized spacial score (nSPS) is 14.1. The second kappa shape index (κ2) is 7.65. The van der Waals surface area contributed by atoms with E-state index in [0.29, 0.717) is 17.7 Å². The minimum Gasteiger partial charge on any atom is -0.493 e. The molecule has 1 rings (SSSR count). The van der Waals surface area contributed by atoms with Gasteiger partial charge in [-0.3, -0.25) is 4.79 Å². The first-order valence-electron chi connectivity index (χ1n) is 7.15. The van der Waals surface area contributed by atoms with Crippen LogP contribution in [0.4, 0.5) is 0 Å². The van der Waals surface area contributed by atoms with Crippen LogP contribution in [0.25, 0.3) is 0 Å². The highest BCUT2D eigenvalue weighted by Gasteiger charge is 2.30. The van der Waals surface area contributed by atoms with Crippen molar-refractivity contribution in [3.8, 4) is 11.5 Å². The molecule has 0 heterocycles. The first-order chi connectivity index (χ1) is 10.7. The smallest absolute Gasteiger partial charge is 0.322 e. The van der Waals surface area contributed by atoms with Crippen LogP contribution in [0.15, 0.2) is 17.0 Å². The molecule has 8 heteroatoms. The van der Waals surface area contributed by atoms with Crippen LogP contribution >= 0.6 is 0 Å². The maximum absolute atomic E-state index is 12.6. The van der Waals surface area contributed by atoms with E-state index in [1.165, 1.54) is 26.4 Å². The third kappa shape index (κ3) is 4.35. The molecule has 0 aromatic heterocycles. The maximum atomic E-state index is 12.6. The van der Waals surface area contributed by atoms with E-state index >= 15 is 0 Å². The number of hydrogen-bond donors (Lipinski definition) is 2. The molecule has 0 amide bonds. The highest BCUT2D eigenvalue weighted by atomic mass is 32.2. The van der Waals surface area contributed by atoms with Crippen LogP contribution in [0.2, 0.25) is 0 Å². The van der Waals surface area contributed by atoms with Gasteiger partial charge in [-0.1, -0.05) is 20.3 Å². The molecule has 0 aliphatic carbocycles. The average molecular weight is 345 g/mol. The van der Waals surface area contributed by atoms with Crippen LogP contribution in [0.3, 0.4) is 0 Å². The molecule has 0 aliphatic heterocycles. The second-order valence-corrected chi connectivity index (χ2v) is 6.98. The summed E-state index contributed by atoms with van der Waals surface area (Å²) in [6.45, 7) is 5.09. The van der Waals surface area contributed by atoms with Crippen molar-refractivity contribution in [3.63, 3.8) is 0 Å². The average Bonchev–Trinajstić information content (AvgIpc) is 2.50. The number of ether oxygens (including phenoxy) is 2. The van der Waals surface area contributed by atoms with Crippen molar-refractivity contribution < 1.29 is 27.8 Å². The SMILES string of the molecule is CC[C@H](C)[C@H](NS(=O)(=O)c1cc(OC)c(OC)cc1C)C(=O)O. The fourth-order valence-electron chi connectivity index (χ4n) is 2.13. The Bertz CT molecular complexity index is 671. The van der Waals surface area contributed by atoms with Gasteiger partial charge in [-0.25, -0.2) is 8.42 Å². The molecule has 0 spiro atoms. The third-order valence-corrected chi connectivity index (χ3v) is 5.31. The largest absolute Gasteiger partial charge is 0.493 e. The van der Waals surface area contributed by atoms with Gasteiger partial charge in [0, 0.05) is 6.07 Å². The lowest BCUT2D eigenvalue weighted by molar-refractivity contribution is -0.140. The van der Waals surface area contributed by atoms with Gasteiger partial charge in [0.1, 0.15) is 6.04 Å². The number of rotatable bonds is 8. The molecule has 0 bridgehead atoms. The Morgan fingerprint density at radius 2 is 1.78 bits per heavy atom. The lowest BCUT2D eigenvalue weighted by Crippen LogP contribution is -2.45. The summed E-state index contributed by atoms with van der Waals surface area (Å²) in [5.74, 6) is -0.890. The number of nitrogens with one attached hydrogen (secondary N) is 1. The summed E-state index contributed by atoms with van der Waals surface area (Å²) in [6.07, 6.45) is 0.532. The summed E-state index contributed by atoms with van der Waals surface area (Å²) in [4.78, 5) is 11.3. The van der Waals surface area contributed by atoms with Gasteiger partial charge < -0.3 is 14.6 Å². The van der Waals surface area contributed by atoms with Crippen molar-refractivity contribution in [2.24, 2.45) is 5.92 Å². The van der Waals surface area contributed by atoms with Gasteiger partial charge in [0.15, 0.2) is 11.5 Å². The molecule has 1 aromatic carbocycles. The molecule has 7 nitrogen and oxygen atoms in total. The zero-order valence-electron chi connectivity index (χ0n) is 13.9. The highest BCUT2D eigenvalue weighted by Crippen LogP contribution is 2.32. The summed E-state index contributed by atoms with van der Waals surface area (Å²) >= 11 is 0. The number of hydrogen-bond acceptors (Lipinski definition) is 5. The highest BCUT2D eigenvalue weighted by molar-refractivity contribution is 7.89. The summed E-state index contributed by atoms with van der Waals surface area (Å²) in [5.41, 5.74) is 0.434. The Morgan fingerprint density at radius 1 is 1.26 bits per heavy atom. The van der Waals surface area contributed by atoms with Crippen LogP contribution < -0.4 is 14.2 Å². The van der Waals surface area contributed by atoms with E-state index in [4.69, 9.17) is 9.47 Å². The van der Waals surface area contributed by atoms with E-state index in [1.54, 1.807) is 20.8 Å². The fourth-order valence-corrected chi connectivity index (χ4v) is 3.67. The minimum absolute atomic E-state index is 0.0373. The standard InChI is InChI=1S/C15H23NO6S/c1-6-9(2)14(15(17)18)16-23(19,20)13-8-12(22-5)11(21-4)7-10(13)3/h7-9,14,16H,6H2,1-5H3,(H,17,18)/t9-,14-/m0/s1. The summed E-state index contributed by atoms with van der Waals surface area (Å²) in [6, 6.07) is 1.66. The molecule has 130 valence electrons. The van der Waals surface area contributed by atoms with Crippen LogP contribution in [-0.4, -0.2) is 39.8 Å². The molecule has 0 radical (unpaired) electrons. The molecular weight excluding hydrogens is 322 g/mol. The van der Waals surface area contributed by atoms with Gasteiger partial charge in [0.05, 0.1) is 19.1 Å². The molecule has 0 aliphatic rings. The van der Waals surface area contributed by atoms with Gasteiger partial charge in [-0.2, -0.15) is 4.72 Å². The molecule has 0 fully saturated rings. The lowest BCUT2D eigenvalue weighted by Gasteiger charge is -2.21. The number of carboxylic acids is 1. The molecule has 2 atom stereocenters. The number of carboxylic acid groups (broad SMARTS) is 1. The number of benzene rings is 1. The van der Waals surface area contributed by atoms with Crippen LogP contribution in [0, 0.1) is 12.8 Å².